The van der Waals surface area contributed by atoms with Crippen LogP contribution in [0.25, 0.3) is 0 Å². The number of nitrogens with zero attached hydrogens (tertiary/aromatic N) is 1. The van der Waals surface area contributed by atoms with Crippen LogP contribution in [-0.2, 0) is 32.2 Å². The molecule has 0 radical (unpaired) electrons. The summed E-state index contributed by atoms with van der Waals surface area (Å²) in [5.41, 5.74) is 11.7. The first-order valence-corrected chi connectivity index (χ1v) is 18.2. The molecule has 2 saturated heterocycles. The zero-order valence-electron chi connectivity index (χ0n) is 29.8. The van der Waals surface area contributed by atoms with Gasteiger partial charge < -0.3 is 30.9 Å². The van der Waals surface area contributed by atoms with Crippen LogP contribution in [0.4, 0.5) is 11.4 Å². The first kappa shape index (κ1) is 36.0. The van der Waals surface area contributed by atoms with Crippen molar-refractivity contribution in [3.63, 3.8) is 0 Å². The Balaban J connectivity index is 1.02. The molecule has 3 fully saturated rings. The van der Waals surface area contributed by atoms with E-state index in [1.807, 2.05) is 48.5 Å². The molecule has 5 unspecified atom stereocenters. The number of nitrogens with two attached hydrogens (primary N) is 1. The molecule has 2 aliphatic heterocycles. The number of para-hydroxylation sites is 2. The van der Waals surface area contributed by atoms with Crippen LogP contribution >= 0.6 is 0 Å². The predicted octanol–water partition coefficient (Wildman–Crippen LogP) is 7.02. The number of aliphatic hydroxyl groups excluding tert-OH is 1. The summed E-state index contributed by atoms with van der Waals surface area (Å²) in [6, 6.07) is 23.9. The monoisotopic (exact) mass is 682 g/mol. The van der Waals surface area contributed by atoms with Gasteiger partial charge in [-0.3, -0.25) is 14.5 Å². The zero-order chi connectivity index (χ0) is 35.3. The number of aliphatic hydroxyl groups is 1. The van der Waals surface area contributed by atoms with Gasteiger partial charge in [0.15, 0.2) is 6.29 Å². The highest BCUT2D eigenvalue weighted by Gasteiger charge is 2.50. The average molecular weight is 683 g/mol. The van der Waals surface area contributed by atoms with Gasteiger partial charge in [0.05, 0.1) is 30.2 Å². The third kappa shape index (κ3) is 9.31. The Kier molecular flexibility index (Phi) is 11.3. The van der Waals surface area contributed by atoms with Crippen molar-refractivity contribution in [1.29, 1.82) is 0 Å². The fourth-order valence-electron chi connectivity index (χ4n) is 8.56. The Labute approximate surface area is 296 Å². The van der Waals surface area contributed by atoms with Gasteiger partial charge in [-0.2, -0.15) is 0 Å². The van der Waals surface area contributed by atoms with Gasteiger partial charge in [0.2, 0.25) is 11.8 Å². The van der Waals surface area contributed by atoms with Gasteiger partial charge in [0.25, 0.3) is 0 Å². The number of hydrogen-bond donors (Lipinski definition) is 4. The minimum absolute atomic E-state index is 0.0165. The smallest absolute Gasteiger partial charge is 0.224 e. The summed E-state index contributed by atoms with van der Waals surface area (Å²) in [4.78, 5) is 27.5. The van der Waals surface area contributed by atoms with Gasteiger partial charge in [-0.1, -0.05) is 81.4 Å². The first-order valence-electron chi connectivity index (χ1n) is 18.2. The number of rotatable bonds is 13. The van der Waals surface area contributed by atoms with Crippen molar-refractivity contribution in [2.24, 2.45) is 10.8 Å². The lowest BCUT2D eigenvalue weighted by Gasteiger charge is -2.41. The molecule has 0 aromatic heterocycles. The molecule has 1 aliphatic carbocycles. The second-order valence-corrected chi connectivity index (χ2v) is 15.9. The van der Waals surface area contributed by atoms with E-state index in [1.54, 1.807) is 12.1 Å². The summed E-state index contributed by atoms with van der Waals surface area (Å²) in [5.74, 6) is -0.147. The van der Waals surface area contributed by atoms with Gasteiger partial charge in [-0.25, -0.2) is 0 Å². The summed E-state index contributed by atoms with van der Waals surface area (Å²) in [6.07, 6.45) is 5.84. The molecule has 2 amide bonds. The van der Waals surface area contributed by atoms with Crippen LogP contribution in [0.3, 0.4) is 0 Å². The number of carbonyl (C=O) groups excluding carboxylic acids is 2. The lowest BCUT2D eigenvalue weighted by molar-refractivity contribution is -0.253. The van der Waals surface area contributed by atoms with Crippen LogP contribution in [0.15, 0.2) is 72.8 Å². The number of nitrogens with one attached hydrogen (secondary N) is 2. The number of carbonyl (C=O) groups is 2. The minimum atomic E-state index is -0.510. The van der Waals surface area contributed by atoms with E-state index >= 15 is 0 Å². The summed E-state index contributed by atoms with van der Waals surface area (Å²) in [7, 11) is 0. The number of fused-ring (bicyclic) bond motifs is 2. The van der Waals surface area contributed by atoms with E-state index in [9.17, 15) is 14.7 Å². The van der Waals surface area contributed by atoms with Crippen LogP contribution in [0, 0.1) is 10.8 Å². The van der Waals surface area contributed by atoms with E-state index in [1.165, 1.54) is 19.3 Å². The van der Waals surface area contributed by atoms with Crippen molar-refractivity contribution in [2.45, 2.75) is 110 Å². The fraction of sp³-hybridized carbons (Fsp3) is 0.512. The Morgan fingerprint density at radius 1 is 0.880 bits per heavy atom. The SMILES string of the molecule is CC1(C)CC2CC(C)(CN2CC2CC(c3ccc(CO)cc3)OC(c3ccc(CNC(=O)CCCCC(=O)Nc4ccccc4N)cc3)O2)C1. The van der Waals surface area contributed by atoms with E-state index in [0.717, 1.165) is 41.8 Å². The maximum absolute atomic E-state index is 12.5. The number of likely N-dealkylation sites (tertiary alicyclic amines) is 1. The molecule has 2 heterocycles. The summed E-state index contributed by atoms with van der Waals surface area (Å²) >= 11 is 0. The van der Waals surface area contributed by atoms with E-state index in [0.29, 0.717) is 60.5 Å². The van der Waals surface area contributed by atoms with Crippen LogP contribution in [0.1, 0.15) is 107 Å². The number of benzene rings is 3. The predicted molar refractivity (Wildman–Crippen MR) is 196 cm³/mol. The Morgan fingerprint density at radius 2 is 1.56 bits per heavy atom. The molecule has 9 nitrogen and oxygen atoms in total. The van der Waals surface area contributed by atoms with Crippen molar-refractivity contribution in [2.75, 3.05) is 24.1 Å². The third-order valence-electron chi connectivity index (χ3n) is 10.6. The molecule has 3 aliphatic rings. The second-order valence-electron chi connectivity index (χ2n) is 15.9. The Bertz CT molecular complexity index is 1610. The lowest BCUT2D eigenvalue weighted by atomic mass is 9.65. The van der Waals surface area contributed by atoms with Crippen LogP contribution < -0.4 is 16.4 Å². The maximum atomic E-state index is 12.5. The molecular formula is C41H54N4O5. The number of amides is 2. The van der Waals surface area contributed by atoms with Crippen LogP contribution in [0.5, 0.6) is 0 Å². The van der Waals surface area contributed by atoms with Gasteiger partial charge in [-0.05, 0) is 71.8 Å². The minimum Gasteiger partial charge on any atom is -0.397 e. The van der Waals surface area contributed by atoms with Crippen molar-refractivity contribution >= 4 is 23.2 Å². The zero-order valence-corrected chi connectivity index (χ0v) is 29.8. The highest BCUT2D eigenvalue weighted by Crippen LogP contribution is 2.53. The molecule has 3 aromatic carbocycles. The molecular weight excluding hydrogens is 628 g/mol. The van der Waals surface area contributed by atoms with Gasteiger partial charge in [0.1, 0.15) is 0 Å². The van der Waals surface area contributed by atoms with E-state index in [-0.39, 0.29) is 30.6 Å². The van der Waals surface area contributed by atoms with Gasteiger partial charge in [0, 0.05) is 50.5 Å². The third-order valence-corrected chi connectivity index (χ3v) is 10.6. The van der Waals surface area contributed by atoms with Crippen molar-refractivity contribution in [3.8, 4) is 0 Å². The standard InChI is InChI=1S/C41H54N4O5/c1-40(2)21-32-22-41(3,26-40)27-45(32)24-33-20-36(30-16-14-29(25-46)15-17-30)50-39(49-33)31-18-12-28(13-19-31)23-43-37(47)10-6-7-11-38(48)44-35-9-5-4-8-34(35)42/h4-5,8-9,12-19,32-33,36,39,46H,6-7,10-11,20-27,42H2,1-3H3,(H,43,47)(H,44,48). The topological polar surface area (TPSA) is 126 Å². The lowest BCUT2D eigenvalue weighted by Crippen LogP contribution is -2.42. The average Bonchev–Trinajstić information content (AvgIpc) is 3.33. The van der Waals surface area contributed by atoms with Gasteiger partial charge >= 0.3 is 0 Å². The molecule has 5 N–H and O–H groups in total. The molecule has 1 saturated carbocycles. The van der Waals surface area contributed by atoms with E-state index < -0.39 is 6.29 Å². The fourth-order valence-corrected chi connectivity index (χ4v) is 8.56. The van der Waals surface area contributed by atoms with E-state index in [2.05, 4.69) is 48.4 Å². The summed E-state index contributed by atoms with van der Waals surface area (Å²) < 4.78 is 13.3. The Morgan fingerprint density at radius 3 is 2.28 bits per heavy atom. The molecule has 50 heavy (non-hydrogen) atoms. The van der Waals surface area contributed by atoms with Crippen molar-refractivity contribution in [1.82, 2.24) is 10.2 Å². The van der Waals surface area contributed by atoms with Crippen molar-refractivity contribution < 1.29 is 24.2 Å². The number of ether oxygens (including phenoxy) is 2. The number of hydrogen-bond acceptors (Lipinski definition) is 7. The molecule has 6 rings (SSSR count). The normalized spacial score (nSPS) is 26.0. The first-order chi connectivity index (χ1) is 24.0. The number of anilines is 2. The molecule has 5 atom stereocenters. The molecule has 9 heteroatoms. The molecule has 2 bridgehead atoms. The number of nitrogen functional groups attached to an aromatic ring is 1. The highest BCUT2D eigenvalue weighted by atomic mass is 16.7. The quantitative estimate of drug-likeness (QED) is 0.113. The Hall–Kier alpha value is -3.76. The molecule has 268 valence electrons. The molecule has 0 spiro atoms. The second kappa shape index (κ2) is 15.6. The largest absolute Gasteiger partial charge is 0.397 e. The highest BCUT2D eigenvalue weighted by molar-refractivity contribution is 5.93. The molecule has 3 aromatic rings. The maximum Gasteiger partial charge on any atom is 0.224 e. The summed E-state index contributed by atoms with van der Waals surface area (Å²) in [6.45, 7) is 9.72. The van der Waals surface area contributed by atoms with Crippen molar-refractivity contribution in [3.05, 3.63) is 95.1 Å². The number of unbranched alkanes of at least 4 members (excludes halogenated alkanes) is 1. The van der Waals surface area contributed by atoms with Crippen LogP contribution in [-0.4, -0.2) is 47.1 Å². The van der Waals surface area contributed by atoms with E-state index in [4.69, 9.17) is 15.2 Å². The van der Waals surface area contributed by atoms with Gasteiger partial charge in [-0.15, -0.1) is 0 Å². The summed E-state index contributed by atoms with van der Waals surface area (Å²) in [5, 5.41) is 15.4. The van der Waals surface area contributed by atoms with Crippen LogP contribution in [0.2, 0.25) is 0 Å².